The van der Waals surface area contributed by atoms with Crippen LogP contribution < -0.4 is 0 Å². The normalized spacial score (nSPS) is 26.1. The van der Waals surface area contributed by atoms with Crippen molar-refractivity contribution in [3.8, 4) is 0 Å². The lowest BCUT2D eigenvalue weighted by atomic mass is 10.1. The van der Waals surface area contributed by atoms with E-state index in [1.54, 1.807) is 0 Å². The Morgan fingerprint density at radius 2 is 2.06 bits per heavy atom. The predicted molar refractivity (Wildman–Crippen MR) is 63.1 cm³/mol. The first-order valence-corrected chi connectivity index (χ1v) is 5.74. The van der Waals surface area contributed by atoms with Crippen molar-refractivity contribution in [1.29, 1.82) is 0 Å². The topological polar surface area (TPSA) is 32.7 Å². The molecule has 3 heteroatoms. The summed E-state index contributed by atoms with van der Waals surface area (Å²) in [7, 11) is 2.03. The van der Waals surface area contributed by atoms with Crippen LogP contribution in [0.25, 0.3) is 0 Å². The summed E-state index contributed by atoms with van der Waals surface area (Å²) in [5, 5.41) is 9.73. The van der Waals surface area contributed by atoms with Crippen molar-refractivity contribution >= 4 is 0 Å². The molecule has 2 rings (SSSR count). The molecule has 1 N–H and O–H groups in total. The molecule has 0 radical (unpaired) electrons. The van der Waals surface area contributed by atoms with Crippen LogP contribution in [0.2, 0.25) is 0 Å². The number of rotatable bonds is 4. The lowest BCUT2D eigenvalue weighted by molar-refractivity contribution is 0.0448. The number of hydrogen-bond donors (Lipinski definition) is 1. The number of likely N-dealkylation sites (N-methyl/N-ethyl adjacent to an activating group) is 1. The van der Waals surface area contributed by atoms with Crippen LogP contribution in [0.1, 0.15) is 5.56 Å². The highest BCUT2D eigenvalue weighted by molar-refractivity contribution is 5.13. The summed E-state index contributed by atoms with van der Waals surface area (Å²) in [5.74, 6) is 0.258. The van der Waals surface area contributed by atoms with Gasteiger partial charge < -0.3 is 14.7 Å². The Morgan fingerprint density at radius 1 is 1.31 bits per heavy atom. The highest BCUT2D eigenvalue weighted by Crippen LogP contribution is 2.16. The van der Waals surface area contributed by atoms with E-state index in [9.17, 15) is 5.11 Å². The van der Waals surface area contributed by atoms with Crippen molar-refractivity contribution in [1.82, 2.24) is 4.90 Å². The molecule has 0 aliphatic carbocycles. The van der Waals surface area contributed by atoms with Crippen LogP contribution >= 0.6 is 0 Å². The van der Waals surface area contributed by atoms with E-state index in [1.807, 2.05) is 25.2 Å². The van der Waals surface area contributed by atoms with Gasteiger partial charge in [-0.05, 0) is 12.6 Å². The number of aliphatic hydroxyl groups excluding tert-OH is 1. The van der Waals surface area contributed by atoms with Gasteiger partial charge in [0.05, 0.1) is 19.3 Å². The van der Waals surface area contributed by atoms with Gasteiger partial charge in [0, 0.05) is 19.0 Å². The van der Waals surface area contributed by atoms with Crippen molar-refractivity contribution in [3.05, 3.63) is 35.9 Å². The zero-order chi connectivity index (χ0) is 11.4. The zero-order valence-electron chi connectivity index (χ0n) is 9.67. The van der Waals surface area contributed by atoms with Gasteiger partial charge in [0.1, 0.15) is 0 Å². The van der Waals surface area contributed by atoms with Gasteiger partial charge in [0.25, 0.3) is 0 Å². The molecule has 88 valence electrons. The second kappa shape index (κ2) is 5.43. The molecule has 0 unspecified atom stereocenters. The molecule has 1 aliphatic rings. The largest absolute Gasteiger partial charge is 0.391 e. The van der Waals surface area contributed by atoms with Crippen molar-refractivity contribution in [3.63, 3.8) is 0 Å². The van der Waals surface area contributed by atoms with Crippen LogP contribution in [0.5, 0.6) is 0 Å². The first-order valence-electron chi connectivity index (χ1n) is 5.74. The van der Waals surface area contributed by atoms with Crippen molar-refractivity contribution in [2.45, 2.75) is 12.7 Å². The Bertz CT molecular complexity index is 315. The zero-order valence-corrected chi connectivity index (χ0v) is 9.67. The molecule has 1 saturated heterocycles. The molecule has 0 amide bonds. The second-order valence-electron chi connectivity index (χ2n) is 4.55. The number of ether oxygens (including phenoxy) is 1. The van der Waals surface area contributed by atoms with Gasteiger partial charge in [0.2, 0.25) is 0 Å². The number of likely N-dealkylation sites (tertiary alicyclic amines) is 1. The Hall–Kier alpha value is -0.900. The maximum absolute atomic E-state index is 9.73. The highest BCUT2D eigenvalue weighted by atomic mass is 16.5. The second-order valence-corrected chi connectivity index (χ2v) is 4.55. The summed E-state index contributed by atoms with van der Waals surface area (Å²) >= 11 is 0. The maximum atomic E-state index is 9.73. The summed E-state index contributed by atoms with van der Waals surface area (Å²) in [6, 6.07) is 10.1. The lowest BCUT2D eigenvalue weighted by Crippen LogP contribution is -2.22. The third kappa shape index (κ3) is 3.04. The van der Waals surface area contributed by atoms with Crippen LogP contribution in [0, 0.1) is 5.92 Å². The van der Waals surface area contributed by atoms with Crippen molar-refractivity contribution in [2.24, 2.45) is 5.92 Å². The van der Waals surface area contributed by atoms with E-state index >= 15 is 0 Å². The monoisotopic (exact) mass is 221 g/mol. The minimum atomic E-state index is -0.235. The molecular formula is C13H19NO2. The quantitative estimate of drug-likeness (QED) is 0.827. The van der Waals surface area contributed by atoms with E-state index in [4.69, 9.17) is 4.74 Å². The maximum Gasteiger partial charge on any atom is 0.0729 e. The van der Waals surface area contributed by atoms with E-state index < -0.39 is 0 Å². The molecule has 1 heterocycles. The Kier molecular flexibility index (Phi) is 3.93. The average Bonchev–Trinajstić information content (AvgIpc) is 2.59. The summed E-state index contributed by atoms with van der Waals surface area (Å²) < 4.78 is 5.64. The van der Waals surface area contributed by atoms with E-state index in [2.05, 4.69) is 17.0 Å². The fourth-order valence-corrected chi connectivity index (χ4v) is 2.13. The van der Waals surface area contributed by atoms with Gasteiger partial charge in [-0.1, -0.05) is 30.3 Å². The molecule has 0 aromatic heterocycles. The summed E-state index contributed by atoms with van der Waals surface area (Å²) in [6.07, 6.45) is -0.235. The molecule has 0 spiro atoms. The number of nitrogens with zero attached hydrogens (tertiary/aromatic N) is 1. The average molecular weight is 221 g/mol. The highest BCUT2D eigenvalue weighted by Gasteiger charge is 2.28. The number of β-amino-alcohol motifs (C(OH)–C–C–N with tert-alkyl or cyclic N) is 1. The molecule has 1 aliphatic heterocycles. The van der Waals surface area contributed by atoms with Crippen molar-refractivity contribution < 1.29 is 9.84 Å². The van der Waals surface area contributed by atoms with Gasteiger partial charge in [0.15, 0.2) is 0 Å². The molecule has 1 aromatic carbocycles. The van der Waals surface area contributed by atoms with E-state index in [0.717, 1.165) is 13.1 Å². The minimum Gasteiger partial charge on any atom is -0.391 e. The van der Waals surface area contributed by atoms with Gasteiger partial charge >= 0.3 is 0 Å². The third-order valence-corrected chi connectivity index (χ3v) is 3.03. The van der Waals surface area contributed by atoms with Crippen LogP contribution in [0.4, 0.5) is 0 Å². The van der Waals surface area contributed by atoms with Gasteiger partial charge in [-0.2, -0.15) is 0 Å². The predicted octanol–water partition coefficient (Wildman–Crippen LogP) is 1.13. The molecule has 3 nitrogen and oxygen atoms in total. The SMILES string of the molecule is CN1C[C@H](COCc2ccccc2)[C@@H](O)C1. The van der Waals surface area contributed by atoms with E-state index in [1.165, 1.54) is 5.56 Å². The molecule has 1 aromatic rings. The summed E-state index contributed by atoms with van der Waals surface area (Å²) in [6.45, 7) is 2.96. The number of benzene rings is 1. The Labute approximate surface area is 96.6 Å². The molecular weight excluding hydrogens is 202 g/mol. The van der Waals surface area contributed by atoms with Gasteiger partial charge in [-0.3, -0.25) is 0 Å². The fraction of sp³-hybridized carbons (Fsp3) is 0.538. The van der Waals surface area contributed by atoms with E-state index in [-0.39, 0.29) is 12.0 Å². The summed E-state index contributed by atoms with van der Waals surface area (Å²) in [4.78, 5) is 2.14. The molecule has 1 fully saturated rings. The van der Waals surface area contributed by atoms with Crippen LogP contribution in [0.15, 0.2) is 30.3 Å². The molecule has 0 bridgehead atoms. The smallest absolute Gasteiger partial charge is 0.0729 e. The molecule has 2 atom stereocenters. The minimum absolute atomic E-state index is 0.235. The van der Waals surface area contributed by atoms with Crippen LogP contribution in [-0.4, -0.2) is 42.9 Å². The summed E-state index contributed by atoms with van der Waals surface area (Å²) in [5.41, 5.74) is 1.18. The van der Waals surface area contributed by atoms with E-state index in [0.29, 0.717) is 13.2 Å². The molecule has 16 heavy (non-hydrogen) atoms. The van der Waals surface area contributed by atoms with Gasteiger partial charge in [-0.15, -0.1) is 0 Å². The lowest BCUT2D eigenvalue weighted by Gasteiger charge is -2.13. The Balaban J connectivity index is 1.72. The molecule has 0 saturated carbocycles. The fourth-order valence-electron chi connectivity index (χ4n) is 2.13. The Morgan fingerprint density at radius 3 is 2.69 bits per heavy atom. The number of hydrogen-bond acceptors (Lipinski definition) is 3. The third-order valence-electron chi connectivity index (χ3n) is 3.03. The van der Waals surface area contributed by atoms with Crippen molar-refractivity contribution in [2.75, 3.05) is 26.7 Å². The first-order chi connectivity index (χ1) is 7.75. The van der Waals surface area contributed by atoms with Gasteiger partial charge in [-0.25, -0.2) is 0 Å². The number of aliphatic hydroxyl groups is 1. The first kappa shape index (κ1) is 11.6. The van der Waals surface area contributed by atoms with Crippen LogP contribution in [-0.2, 0) is 11.3 Å². The van der Waals surface area contributed by atoms with Crippen LogP contribution in [0.3, 0.4) is 0 Å². The standard InChI is InChI=1S/C13H19NO2/c1-14-7-12(13(15)8-14)10-16-9-11-5-3-2-4-6-11/h2-6,12-13,15H,7-10H2,1H3/t12-,13+/m1/s1.